The Morgan fingerprint density at radius 1 is 1.24 bits per heavy atom. The number of ether oxygens (including phenoxy) is 1. The number of benzene rings is 1. The van der Waals surface area contributed by atoms with Crippen molar-refractivity contribution in [2.24, 2.45) is 0 Å². The number of rotatable bonds is 2. The molecule has 0 bridgehead atoms. The van der Waals surface area contributed by atoms with Crippen LogP contribution in [-0.2, 0) is 6.42 Å². The van der Waals surface area contributed by atoms with Crippen molar-refractivity contribution < 1.29 is 4.74 Å². The van der Waals surface area contributed by atoms with Crippen molar-refractivity contribution in [1.29, 1.82) is 0 Å². The van der Waals surface area contributed by atoms with Gasteiger partial charge >= 0.3 is 0 Å². The molecule has 3 rings (SSSR count). The van der Waals surface area contributed by atoms with Crippen LogP contribution in [0.1, 0.15) is 5.56 Å². The van der Waals surface area contributed by atoms with Crippen molar-refractivity contribution >= 4 is 17.3 Å². The maximum atomic E-state index is 5.76. The SMILES string of the molecule is Clc1cc(Oc2ccc3c(c2)CCN3)ncn1. The summed E-state index contributed by atoms with van der Waals surface area (Å²) in [5.74, 6) is 1.22. The molecule has 5 heteroatoms. The molecule has 0 saturated heterocycles. The minimum atomic E-state index is 0.373. The number of anilines is 1. The van der Waals surface area contributed by atoms with Gasteiger partial charge in [-0.1, -0.05) is 11.6 Å². The fourth-order valence-corrected chi connectivity index (χ4v) is 1.98. The molecule has 0 unspecified atom stereocenters. The van der Waals surface area contributed by atoms with Crippen LogP contribution in [0.5, 0.6) is 11.6 Å². The summed E-state index contributed by atoms with van der Waals surface area (Å²) in [5.41, 5.74) is 2.45. The summed E-state index contributed by atoms with van der Waals surface area (Å²) in [4.78, 5) is 7.80. The molecule has 0 atom stereocenters. The van der Waals surface area contributed by atoms with E-state index in [9.17, 15) is 0 Å². The van der Waals surface area contributed by atoms with Crippen LogP contribution >= 0.6 is 11.6 Å². The third kappa shape index (κ3) is 2.17. The summed E-state index contributed by atoms with van der Waals surface area (Å²) in [5, 5.41) is 3.67. The fourth-order valence-electron chi connectivity index (χ4n) is 1.84. The zero-order valence-electron chi connectivity index (χ0n) is 8.98. The zero-order chi connectivity index (χ0) is 11.7. The molecule has 2 aromatic rings. The molecule has 1 aliphatic rings. The molecule has 0 saturated carbocycles. The van der Waals surface area contributed by atoms with Gasteiger partial charge in [-0.25, -0.2) is 9.97 Å². The second-order valence-corrected chi connectivity index (χ2v) is 4.16. The number of hydrogen-bond acceptors (Lipinski definition) is 4. The standard InChI is InChI=1S/C12H10ClN3O/c13-11-6-12(16-7-15-11)17-9-1-2-10-8(5-9)3-4-14-10/h1-2,5-7,14H,3-4H2. The number of halogens is 1. The van der Waals surface area contributed by atoms with E-state index in [4.69, 9.17) is 16.3 Å². The molecule has 0 spiro atoms. The van der Waals surface area contributed by atoms with E-state index in [1.807, 2.05) is 18.2 Å². The number of nitrogens with one attached hydrogen (secondary N) is 1. The topological polar surface area (TPSA) is 47.0 Å². The van der Waals surface area contributed by atoms with Gasteiger partial charge in [0.15, 0.2) is 0 Å². The molecule has 2 heterocycles. The summed E-state index contributed by atoms with van der Waals surface area (Å²) >= 11 is 5.76. The van der Waals surface area contributed by atoms with Crippen molar-refractivity contribution in [3.8, 4) is 11.6 Å². The normalized spacial score (nSPS) is 13.0. The van der Waals surface area contributed by atoms with E-state index in [1.54, 1.807) is 6.07 Å². The highest BCUT2D eigenvalue weighted by Gasteiger charge is 2.11. The van der Waals surface area contributed by atoms with E-state index in [1.165, 1.54) is 17.6 Å². The Labute approximate surface area is 104 Å². The summed E-state index contributed by atoms with van der Waals surface area (Å²) in [7, 11) is 0. The molecule has 0 radical (unpaired) electrons. The largest absolute Gasteiger partial charge is 0.439 e. The van der Waals surface area contributed by atoms with Crippen molar-refractivity contribution in [3.05, 3.63) is 41.3 Å². The van der Waals surface area contributed by atoms with Crippen LogP contribution in [0.25, 0.3) is 0 Å². The Hall–Kier alpha value is -1.81. The van der Waals surface area contributed by atoms with E-state index in [2.05, 4.69) is 15.3 Å². The fraction of sp³-hybridized carbons (Fsp3) is 0.167. The Balaban J connectivity index is 1.86. The smallest absolute Gasteiger partial charge is 0.223 e. The molecule has 0 aliphatic carbocycles. The summed E-state index contributed by atoms with van der Waals surface area (Å²) < 4.78 is 5.62. The molecule has 0 fully saturated rings. The van der Waals surface area contributed by atoms with Gasteiger partial charge in [-0.2, -0.15) is 0 Å². The number of nitrogens with zero attached hydrogens (tertiary/aromatic N) is 2. The van der Waals surface area contributed by atoms with Crippen LogP contribution in [0.3, 0.4) is 0 Å². The Morgan fingerprint density at radius 2 is 2.18 bits per heavy atom. The van der Waals surface area contributed by atoms with E-state index in [0.29, 0.717) is 11.0 Å². The van der Waals surface area contributed by atoms with Gasteiger partial charge in [0.05, 0.1) is 0 Å². The minimum Gasteiger partial charge on any atom is -0.439 e. The molecule has 1 aliphatic heterocycles. The molecule has 4 nitrogen and oxygen atoms in total. The van der Waals surface area contributed by atoms with Crippen molar-refractivity contribution in [1.82, 2.24) is 9.97 Å². The number of hydrogen-bond donors (Lipinski definition) is 1. The Morgan fingerprint density at radius 3 is 3.06 bits per heavy atom. The van der Waals surface area contributed by atoms with Gasteiger partial charge in [0.1, 0.15) is 17.2 Å². The number of aromatic nitrogens is 2. The average molecular weight is 248 g/mol. The van der Waals surface area contributed by atoms with Crippen LogP contribution in [-0.4, -0.2) is 16.5 Å². The average Bonchev–Trinajstić information content (AvgIpc) is 2.76. The first-order valence-corrected chi connectivity index (χ1v) is 5.71. The minimum absolute atomic E-state index is 0.373. The molecule has 1 N–H and O–H groups in total. The lowest BCUT2D eigenvalue weighted by Gasteiger charge is -2.06. The second kappa shape index (κ2) is 4.22. The first-order chi connectivity index (χ1) is 8.31. The summed E-state index contributed by atoms with van der Waals surface area (Å²) in [6.45, 7) is 0.984. The summed E-state index contributed by atoms with van der Waals surface area (Å²) in [6.07, 6.45) is 2.41. The molecule has 0 amide bonds. The van der Waals surface area contributed by atoms with Gasteiger partial charge in [-0.05, 0) is 30.2 Å². The van der Waals surface area contributed by atoms with Crippen molar-refractivity contribution in [3.63, 3.8) is 0 Å². The molecule has 1 aromatic carbocycles. The van der Waals surface area contributed by atoms with Gasteiger partial charge in [-0.3, -0.25) is 0 Å². The molecule has 1 aromatic heterocycles. The van der Waals surface area contributed by atoms with Gasteiger partial charge in [-0.15, -0.1) is 0 Å². The second-order valence-electron chi connectivity index (χ2n) is 3.78. The van der Waals surface area contributed by atoms with E-state index in [-0.39, 0.29) is 0 Å². The van der Waals surface area contributed by atoms with Crippen molar-refractivity contribution in [2.45, 2.75) is 6.42 Å². The molecule has 86 valence electrons. The van der Waals surface area contributed by atoms with Crippen LogP contribution in [0, 0.1) is 0 Å². The van der Waals surface area contributed by atoms with Gasteiger partial charge in [0, 0.05) is 18.3 Å². The van der Waals surface area contributed by atoms with E-state index >= 15 is 0 Å². The maximum Gasteiger partial charge on any atom is 0.223 e. The highest BCUT2D eigenvalue weighted by atomic mass is 35.5. The summed E-state index contributed by atoms with van der Waals surface area (Å²) in [6, 6.07) is 7.53. The maximum absolute atomic E-state index is 5.76. The van der Waals surface area contributed by atoms with Gasteiger partial charge < -0.3 is 10.1 Å². The third-order valence-electron chi connectivity index (χ3n) is 2.62. The van der Waals surface area contributed by atoms with Crippen LogP contribution in [0.4, 0.5) is 5.69 Å². The lowest BCUT2D eigenvalue weighted by atomic mass is 10.1. The predicted octanol–water partition coefficient (Wildman–Crippen LogP) is 2.89. The van der Waals surface area contributed by atoms with Gasteiger partial charge in [0.2, 0.25) is 5.88 Å². The predicted molar refractivity (Wildman–Crippen MR) is 65.8 cm³/mol. The highest BCUT2D eigenvalue weighted by molar-refractivity contribution is 6.29. The Kier molecular flexibility index (Phi) is 2.57. The first-order valence-electron chi connectivity index (χ1n) is 5.33. The highest BCUT2D eigenvalue weighted by Crippen LogP contribution is 2.28. The molecule has 17 heavy (non-hydrogen) atoms. The van der Waals surface area contributed by atoms with E-state index in [0.717, 1.165) is 18.7 Å². The van der Waals surface area contributed by atoms with Crippen molar-refractivity contribution in [2.75, 3.05) is 11.9 Å². The van der Waals surface area contributed by atoms with E-state index < -0.39 is 0 Å². The number of fused-ring (bicyclic) bond motifs is 1. The van der Waals surface area contributed by atoms with Crippen LogP contribution < -0.4 is 10.1 Å². The first kappa shape index (κ1) is 10.4. The Bertz CT molecular complexity index is 559. The molecular weight excluding hydrogens is 238 g/mol. The quantitative estimate of drug-likeness (QED) is 0.829. The van der Waals surface area contributed by atoms with Crippen LogP contribution in [0.15, 0.2) is 30.6 Å². The lowest BCUT2D eigenvalue weighted by Crippen LogP contribution is -1.90. The van der Waals surface area contributed by atoms with Crippen LogP contribution in [0.2, 0.25) is 5.15 Å². The monoisotopic (exact) mass is 247 g/mol. The third-order valence-corrected chi connectivity index (χ3v) is 2.82. The molecular formula is C12H10ClN3O. The zero-order valence-corrected chi connectivity index (χ0v) is 9.74. The lowest BCUT2D eigenvalue weighted by molar-refractivity contribution is 0.461. The van der Waals surface area contributed by atoms with Gasteiger partial charge in [0.25, 0.3) is 0 Å².